The van der Waals surface area contributed by atoms with Gasteiger partial charge in [0.05, 0.1) is 50.1 Å². The van der Waals surface area contributed by atoms with Crippen molar-refractivity contribution in [2.24, 2.45) is 0 Å². The SMILES string of the molecule is CC1(n2c3ccc(N4c5ccccc5Sc5c4ccc4c5-c5ccccc5C45c4ccccc4-n4c6ccccc6c6cccc5c64)cc3c3c4ccccc4ccc32)C=CC=CC1. The van der Waals surface area contributed by atoms with Crippen molar-refractivity contribution in [3.05, 3.63) is 229 Å². The summed E-state index contributed by atoms with van der Waals surface area (Å²) in [5, 5.41) is 7.73. The highest BCUT2D eigenvalue weighted by Crippen LogP contribution is 2.65. The van der Waals surface area contributed by atoms with Crippen molar-refractivity contribution in [1.82, 2.24) is 9.13 Å². The molecule has 0 saturated heterocycles. The van der Waals surface area contributed by atoms with Crippen LogP contribution in [0.15, 0.2) is 216 Å². The molecule has 0 N–H and O–H groups in total. The van der Waals surface area contributed by atoms with Crippen molar-refractivity contribution in [2.45, 2.75) is 34.1 Å². The molecule has 2 unspecified atom stereocenters. The Bertz CT molecular complexity index is 3960. The fraction of sp³-hybridized carbons (Fsp3) is 0.0667. The van der Waals surface area contributed by atoms with Crippen molar-refractivity contribution in [1.29, 1.82) is 0 Å². The van der Waals surface area contributed by atoms with Gasteiger partial charge in [-0.15, -0.1) is 0 Å². The quantitative estimate of drug-likeness (QED) is 0.172. The van der Waals surface area contributed by atoms with Crippen LogP contribution in [-0.2, 0) is 11.0 Å². The molecule has 11 aromatic rings. The molecule has 0 radical (unpaired) electrons. The summed E-state index contributed by atoms with van der Waals surface area (Å²) in [6.07, 6.45) is 10.0. The lowest BCUT2D eigenvalue weighted by Gasteiger charge is -2.40. The zero-order chi connectivity index (χ0) is 41.9. The molecule has 0 amide bonds. The van der Waals surface area contributed by atoms with E-state index in [0.717, 1.165) is 12.1 Å². The van der Waals surface area contributed by atoms with E-state index in [1.165, 1.54) is 115 Å². The second-order valence-electron chi connectivity index (χ2n) is 18.2. The number of allylic oxidation sites excluding steroid dienone is 4. The maximum absolute atomic E-state index is 2.59. The third kappa shape index (κ3) is 4.20. The van der Waals surface area contributed by atoms with Crippen molar-refractivity contribution in [3.8, 4) is 16.8 Å². The van der Waals surface area contributed by atoms with Crippen LogP contribution in [0.25, 0.3) is 71.2 Å². The summed E-state index contributed by atoms with van der Waals surface area (Å²) >= 11 is 1.93. The third-order valence-corrected chi connectivity index (χ3v) is 16.2. The Hall–Kier alpha value is -7.53. The molecule has 4 heterocycles. The number of fused-ring (bicyclic) bond motifs is 20. The highest BCUT2D eigenvalue weighted by atomic mass is 32.2. The van der Waals surface area contributed by atoms with Crippen molar-refractivity contribution >= 4 is 83.2 Å². The molecule has 0 fully saturated rings. The lowest BCUT2D eigenvalue weighted by molar-refractivity contribution is 0.437. The van der Waals surface area contributed by atoms with Gasteiger partial charge in [-0.1, -0.05) is 163 Å². The van der Waals surface area contributed by atoms with Crippen LogP contribution in [0.3, 0.4) is 0 Å². The second kappa shape index (κ2) is 12.3. The van der Waals surface area contributed by atoms with Gasteiger partial charge >= 0.3 is 0 Å². The zero-order valence-electron chi connectivity index (χ0n) is 35.1. The minimum atomic E-state index is -0.509. The molecule has 0 bridgehead atoms. The van der Waals surface area contributed by atoms with Crippen LogP contribution in [0, 0.1) is 0 Å². The van der Waals surface area contributed by atoms with Crippen LogP contribution in [0.5, 0.6) is 0 Å². The number of rotatable bonds is 2. The number of hydrogen-bond acceptors (Lipinski definition) is 2. The van der Waals surface area contributed by atoms with Crippen molar-refractivity contribution < 1.29 is 0 Å². The van der Waals surface area contributed by atoms with E-state index >= 15 is 0 Å². The molecule has 0 saturated carbocycles. The molecule has 2 aliphatic carbocycles. The smallest absolute Gasteiger partial charge is 0.0754 e. The van der Waals surface area contributed by atoms with Crippen LogP contribution >= 0.6 is 11.8 Å². The van der Waals surface area contributed by atoms with E-state index in [0.29, 0.717) is 0 Å². The number of para-hydroxylation sites is 4. The molecule has 9 aromatic carbocycles. The lowest BCUT2D eigenvalue weighted by Crippen LogP contribution is -2.33. The van der Waals surface area contributed by atoms with E-state index in [2.05, 4.69) is 227 Å². The molecule has 1 spiro atoms. The first-order chi connectivity index (χ1) is 31.6. The van der Waals surface area contributed by atoms with Crippen molar-refractivity contribution in [3.63, 3.8) is 0 Å². The van der Waals surface area contributed by atoms with Crippen molar-refractivity contribution in [2.75, 3.05) is 4.90 Å². The summed E-state index contributed by atoms with van der Waals surface area (Å²) in [5.41, 5.74) is 17.2. The van der Waals surface area contributed by atoms with Gasteiger partial charge in [-0.25, -0.2) is 0 Å². The Balaban J connectivity index is 1.02. The minimum absolute atomic E-state index is 0.194. The van der Waals surface area contributed by atoms with Gasteiger partial charge in [0.25, 0.3) is 0 Å². The monoisotopic (exact) mass is 833 g/mol. The predicted molar refractivity (Wildman–Crippen MR) is 268 cm³/mol. The molecule has 64 heavy (non-hydrogen) atoms. The average Bonchev–Trinajstić information content (AvgIpc) is 3.98. The third-order valence-electron chi connectivity index (χ3n) is 15.0. The molecular formula is C60H39N3S. The molecule has 3 nitrogen and oxygen atoms in total. The largest absolute Gasteiger partial charge is 0.331 e. The average molecular weight is 834 g/mol. The molecule has 4 aliphatic rings. The second-order valence-corrected chi connectivity index (χ2v) is 19.2. The van der Waals surface area contributed by atoms with Crippen LogP contribution < -0.4 is 4.90 Å². The van der Waals surface area contributed by atoms with E-state index in [-0.39, 0.29) is 5.54 Å². The van der Waals surface area contributed by atoms with E-state index in [1.54, 1.807) is 0 Å². The van der Waals surface area contributed by atoms with E-state index in [1.807, 2.05) is 11.8 Å². The number of aromatic nitrogens is 2. The first-order valence-corrected chi connectivity index (χ1v) is 23.2. The van der Waals surface area contributed by atoms with Gasteiger partial charge in [-0.3, -0.25) is 0 Å². The van der Waals surface area contributed by atoms with E-state index in [9.17, 15) is 0 Å². The Morgan fingerprint density at radius 2 is 1.27 bits per heavy atom. The van der Waals surface area contributed by atoms with Gasteiger partial charge in [-0.05, 0) is 107 Å². The number of benzene rings is 9. The van der Waals surface area contributed by atoms with Gasteiger partial charge in [0.15, 0.2) is 0 Å². The summed E-state index contributed by atoms with van der Waals surface area (Å²) < 4.78 is 5.12. The van der Waals surface area contributed by atoms with E-state index < -0.39 is 5.41 Å². The maximum atomic E-state index is 2.59. The molecule has 2 atom stereocenters. The molecule has 4 heteroatoms. The lowest BCUT2D eigenvalue weighted by atomic mass is 9.65. The first kappa shape index (κ1) is 35.0. The Labute approximate surface area is 374 Å². The Morgan fingerprint density at radius 1 is 0.516 bits per heavy atom. The van der Waals surface area contributed by atoms with Gasteiger partial charge in [0.2, 0.25) is 0 Å². The Kier molecular flexibility index (Phi) is 6.75. The molecule has 2 aromatic heterocycles. The predicted octanol–water partition coefficient (Wildman–Crippen LogP) is 15.9. The van der Waals surface area contributed by atoms with Gasteiger partial charge in [-0.2, -0.15) is 0 Å². The van der Waals surface area contributed by atoms with Gasteiger partial charge in [0, 0.05) is 42.6 Å². The normalized spacial score (nSPS) is 18.9. The zero-order valence-corrected chi connectivity index (χ0v) is 35.9. The Morgan fingerprint density at radius 3 is 2.17 bits per heavy atom. The van der Waals surface area contributed by atoms with Gasteiger partial charge < -0.3 is 14.0 Å². The fourth-order valence-electron chi connectivity index (χ4n) is 12.5. The van der Waals surface area contributed by atoms with E-state index in [4.69, 9.17) is 0 Å². The van der Waals surface area contributed by atoms with Crippen LogP contribution in [0.4, 0.5) is 17.1 Å². The van der Waals surface area contributed by atoms with Crippen LogP contribution in [-0.4, -0.2) is 9.13 Å². The maximum Gasteiger partial charge on any atom is 0.0754 e. The number of anilines is 3. The summed E-state index contributed by atoms with van der Waals surface area (Å²) in [6.45, 7) is 2.37. The van der Waals surface area contributed by atoms with Crippen LogP contribution in [0.1, 0.15) is 35.6 Å². The molecule has 15 rings (SSSR count). The topological polar surface area (TPSA) is 13.1 Å². The molecule has 2 aliphatic heterocycles. The number of hydrogen-bond donors (Lipinski definition) is 0. The summed E-state index contributed by atoms with van der Waals surface area (Å²) in [4.78, 5) is 5.10. The van der Waals surface area contributed by atoms with Gasteiger partial charge in [0.1, 0.15) is 0 Å². The molecular weight excluding hydrogens is 795 g/mol. The number of nitrogens with zero attached hydrogens (tertiary/aromatic N) is 3. The highest BCUT2D eigenvalue weighted by Gasteiger charge is 2.52. The summed E-state index contributed by atoms with van der Waals surface area (Å²) in [7, 11) is 0. The molecule has 300 valence electrons. The summed E-state index contributed by atoms with van der Waals surface area (Å²) in [6, 6.07) is 69.0. The highest BCUT2D eigenvalue weighted by molar-refractivity contribution is 8.00. The first-order valence-electron chi connectivity index (χ1n) is 22.4. The van der Waals surface area contributed by atoms with Crippen LogP contribution in [0.2, 0.25) is 0 Å². The standard InChI is InChI=1S/C60H39N3S/c1-59(34-13-2-14-35-59)63-49-32-29-38(36-43(49)55-39-17-4-3-16-37(39)28-31-52(55)63)61-51-26-11-12-27-54(51)64-58-53(61)33-30-46-56(58)42-19-5-7-21-44(42)60(46)45-22-8-10-25-50(45)62-48-24-9-6-18-40(48)41-20-15-23-47(60)57(41)62/h2-34,36H,35H2,1H3. The minimum Gasteiger partial charge on any atom is -0.331 e. The fourth-order valence-corrected chi connectivity index (χ4v) is 13.7. The summed E-state index contributed by atoms with van der Waals surface area (Å²) in [5.74, 6) is 0.